The van der Waals surface area contributed by atoms with Gasteiger partial charge in [-0.3, -0.25) is 9.59 Å². The molecule has 0 spiro atoms. The van der Waals surface area contributed by atoms with E-state index in [1.165, 1.54) is 19.3 Å². The van der Waals surface area contributed by atoms with Crippen LogP contribution in [-0.2, 0) is 16.0 Å². The van der Waals surface area contributed by atoms with Crippen molar-refractivity contribution in [3.8, 4) is 11.6 Å². The van der Waals surface area contributed by atoms with E-state index >= 15 is 0 Å². The highest BCUT2D eigenvalue weighted by atomic mass is 35.5. The molecule has 0 aliphatic rings. The third-order valence-electron chi connectivity index (χ3n) is 3.67. The van der Waals surface area contributed by atoms with E-state index in [9.17, 15) is 9.59 Å². The number of nitrogens with zero attached hydrogens (tertiary/aromatic N) is 2. The maximum Gasteiger partial charge on any atom is 0.228 e. The number of carbonyl (C=O) groups is 2. The predicted molar refractivity (Wildman–Crippen MR) is 112 cm³/mol. The van der Waals surface area contributed by atoms with Crippen molar-refractivity contribution in [2.45, 2.75) is 13.3 Å². The number of hydrogen-bond acceptors (Lipinski definition) is 5. The zero-order valence-corrected chi connectivity index (χ0v) is 16.8. The van der Waals surface area contributed by atoms with Gasteiger partial charge < -0.3 is 15.4 Å². The van der Waals surface area contributed by atoms with Crippen LogP contribution >= 0.6 is 23.2 Å². The molecule has 2 amide bonds. The van der Waals surface area contributed by atoms with Crippen molar-refractivity contribution in [2.24, 2.45) is 0 Å². The summed E-state index contributed by atoms with van der Waals surface area (Å²) in [6, 6.07) is 13.3. The lowest BCUT2D eigenvalue weighted by atomic mass is 10.1. The number of carbonyl (C=O) groups excluding carboxylic acids is 2. The monoisotopic (exact) mass is 430 g/mol. The molecule has 3 rings (SSSR count). The van der Waals surface area contributed by atoms with Crippen molar-refractivity contribution in [1.29, 1.82) is 0 Å². The molecule has 0 radical (unpaired) electrons. The quantitative estimate of drug-likeness (QED) is 0.590. The van der Waals surface area contributed by atoms with E-state index in [2.05, 4.69) is 20.6 Å². The van der Waals surface area contributed by atoms with E-state index in [1.807, 2.05) is 0 Å². The Morgan fingerprint density at radius 3 is 2.45 bits per heavy atom. The third kappa shape index (κ3) is 6.17. The summed E-state index contributed by atoms with van der Waals surface area (Å²) in [6.45, 7) is 1.39. The molecule has 148 valence electrons. The number of anilines is 2. The van der Waals surface area contributed by atoms with E-state index in [1.54, 1.807) is 42.5 Å². The van der Waals surface area contributed by atoms with Crippen LogP contribution in [0.3, 0.4) is 0 Å². The summed E-state index contributed by atoms with van der Waals surface area (Å²) < 4.78 is 5.64. The molecule has 1 aromatic heterocycles. The fraction of sp³-hybridized carbons (Fsp3) is 0.100. The molecule has 2 N–H and O–H groups in total. The standard InChI is InChI=1S/C20H16Cl2N4O3/c1-12(27)25-18-10-20(24-11-23-18)29-16-6-4-15(5-7-16)26-19(28)8-13-2-3-14(21)9-17(13)22/h2-7,9-11H,8H2,1H3,(H,26,28)(H,23,24,25,27). The number of halogens is 2. The van der Waals surface area contributed by atoms with Crippen LogP contribution in [0.15, 0.2) is 54.9 Å². The first-order valence-electron chi connectivity index (χ1n) is 8.50. The minimum absolute atomic E-state index is 0.126. The van der Waals surface area contributed by atoms with Gasteiger partial charge in [-0.1, -0.05) is 29.3 Å². The highest BCUT2D eigenvalue weighted by Crippen LogP contribution is 2.24. The summed E-state index contributed by atoms with van der Waals surface area (Å²) in [7, 11) is 0. The van der Waals surface area contributed by atoms with Crippen molar-refractivity contribution in [1.82, 2.24) is 9.97 Å². The van der Waals surface area contributed by atoms with Gasteiger partial charge in [-0.15, -0.1) is 0 Å². The van der Waals surface area contributed by atoms with Crippen LogP contribution in [0.2, 0.25) is 10.0 Å². The second-order valence-electron chi connectivity index (χ2n) is 6.01. The number of amides is 2. The molecule has 0 unspecified atom stereocenters. The van der Waals surface area contributed by atoms with Crippen molar-refractivity contribution < 1.29 is 14.3 Å². The summed E-state index contributed by atoms with van der Waals surface area (Å²) in [5, 5.41) is 6.31. The summed E-state index contributed by atoms with van der Waals surface area (Å²) in [5.41, 5.74) is 1.29. The predicted octanol–water partition coefficient (Wildman–Crippen LogP) is 4.72. The molecule has 0 saturated heterocycles. The van der Waals surface area contributed by atoms with Crippen molar-refractivity contribution >= 4 is 46.5 Å². The zero-order valence-electron chi connectivity index (χ0n) is 15.3. The van der Waals surface area contributed by atoms with E-state index in [0.29, 0.717) is 32.9 Å². The van der Waals surface area contributed by atoms with Crippen LogP contribution in [-0.4, -0.2) is 21.8 Å². The molecule has 0 fully saturated rings. The molecule has 9 heteroatoms. The highest BCUT2D eigenvalue weighted by molar-refractivity contribution is 6.35. The van der Waals surface area contributed by atoms with Crippen molar-refractivity contribution in [3.05, 3.63) is 70.5 Å². The molecule has 0 aliphatic carbocycles. The van der Waals surface area contributed by atoms with Crippen LogP contribution in [0.25, 0.3) is 0 Å². The van der Waals surface area contributed by atoms with Crippen LogP contribution in [0.4, 0.5) is 11.5 Å². The molecule has 0 saturated carbocycles. The first-order chi connectivity index (χ1) is 13.9. The molecule has 1 heterocycles. The van der Waals surface area contributed by atoms with E-state index in [-0.39, 0.29) is 24.1 Å². The lowest BCUT2D eigenvalue weighted by Gasteiger charge is -2.09. The van der Waals surface area contributed by atoms with E-state index in [4.69, 9.17) is 27.9 Å². The highest BCUT2D eigenvalue weighted by Gasteiger charge is 2.09. The summed E-state index contributed by atoms with van der Waals surface area (Å²) in [6.07, 6.45) is 1.41. The minimum Gasteiger partial charge on any atom is -0.439 e. The Morgan fingerprint density at radius 1 is 1.00 bits per heavy atom. The lowest BCUT2D eigenvalue weighted by molar-refractivity contribution is -0.116. The van der Waals surface area contributed by atoms with Crippen molar-refractivity contribution in [3.63, 3.8) is 0 Å². The average molecular weight is 431 g/mol. The number of ether oxygens (including phenoxy) is 1. The number of aromatic nitrogens is 2. The van der Waals surface area contributed by atoms with Gasteiger partial charge in [-0.2, -0.15) is 0 Å². The van der Waals surface area contributed by atoms with Gasteiger partial charge in [0.05, 0.1) is 6.42 Å². The molecule has 3 aromatic rings. The van der Waals surface area contributed by atoms with Gasteiger partial charge in [0, 0.05) is 28.7 Å². The molecule has 7 nitrogen and oxygen atoms in total. The average Bonchev–Trinajstić information content (AvgIpc) is 2.65. The number of rotatable bonds is 6. The number of nitrogens with one attached hydrogen (secondary N) is 2. The Morgan fingerprint density at radius 2 is 1.76 bits per heavy atom. The second kappa shape index (κ2) is 9.36. The largest absolute Gasteiger partial charge is 0.439 e. The summed E-state index contributed by atoms with van der Waals surface area (Å²) >= 11 is 12.0. The van der Waals surface area contributed by atoms with Gasteiger partial charge in [-0.25, -0.2) is 9.97 Å². The van der Waals surface area contributed by atoms with E-state index < -0.39 is 0 Å². The van der Waals surface area contributed by atoms with Gasteiger partial charge in [-0.05, 0) is 42.0 Å². The Kier molecular flexibility index (Phi) is 6.64. The molecule has 0 bridgehead atoms. The SMILES string of the molecule is CC(=O)Nc1cc(Oc2ccc(NC(=O)Cc3ccc(Cl)cc3Cl)cc2)ncn1. The third-order valence-corrected chi connectivity index (χ3v) is 4.26. The van der Waals surface area contributed by atoms with Crippen LogP contribution < -0.4 is 15.4 Å². The van der Waals surface area contributed by atoms with Gasteiger partial charge in [0.15, 0.2) is 0 Å². The Bertz CT molecular complexity index is 1040. The molecule has 2 aromatic carbocycles. The fourth-order valence-corrected chi connectivity index (χ4v) is 2.89. The number of benzene rings is 2. The number of hydrogen-bond donors (Lipinski definition) is 2. The second-order valence-corrected chi connectivity index (χ2v) is 6.85. The summed E-state index contributed by atoms with van der Waals surface area (Å²) in [5.74, 6) is 0.676. The maximum atomic E-state index is 12.2. The topological polar surface area (TPSA) is 93.2 Å². The van der Waals surface area contributed by atoms with Gasteiger partial charge in [0.2, 0.25) is 17.7 Å². The van der Waals surface area contributed by atoms with Gasteiger partial charge in [0.25, 0.3) is 0 Å². The zero-order chi connectivity index (χ0) is 20.8. The lowest BCUT2D eigenvalue weighted by Crippen LogP contribution is -2.14. The Labute approximate surface area is 177 Å². The van der Waals surface area contributed by atoms with Crippen LogP contribution in [0, 0.1) is 0 Å². The smallest absolute Gasteiger partial charge is 0.228 e. The first-order valence-corrected chi connectivity index (χ1v) is 9.26. The van der Waals surface area contributed by atoms with Gasteiger partial charge >= 0.3 is 0 Å². The normalized spacial score (nSPS) is 10.3. The molecular weight excluding hydrogens is 415 g/mol. The van der Waals surface area contributed by atoms with Crippen LogP contribution in [0.1, 0.15) is 12.5 Å². The molecule has 0 aliphatic heterocycles. The van der Waals surface area contributed by atoms with Crippen molar-refractivity contribution in [2.75, 3.05) is 10.6 Å². The Hall–Kier alpha value is -3.16. The molecule has 29 heavy (non-hydrogen) atoms. The molecular formula is C20H16Cl2N4O3. The maximum absolute atomic E-state index is 12.2. The fourth-order valence-electron chi connectivity index (χ4n) is 2.41. The van der Waals surface area contributed by atoms with Gasteiger partial charge in [0.1, 0.15) is 17.9 Å². The summed E-state index contributed by atoms with van der Waals surface area (Å²) in [4.78, 5) is 31.3. The minimum atomic E-state index is -0.241. The molecule has 0 atom stereocenters. The first kappa shape index (κ1) is 20.6. The van der Waals surface area contributed by atoms with E-state index in [0.717, 1.165) is 0 Å². The van der Waals surface area contributed by atoms with Crippen LogP contribution in [0.5, 0.6) is 11.6 Å². The Balaban J connectivity index is 1.60.